The van der Waals surface area contributed by atoms with Gasteiger partial charge in [-0.15, -0.1) is 0 Å². The smallest absolute Gasteiger partial charge is 0.0835 e. The molecule has 3 unspecified atom stereocenters. The second-order valence-electron chi connectivity index (χ2n) is 4.71. The van der Waals surface area contributed by atoms with Crippen molar-refractivity contribution in [3.63, 3.8) is 0 Å². The van der Waals surface area contributed by atoms with Crippen molar-refractivity contribution in [3.8, 4) is 0 Å². The average Bonchev–Trinajstić information content (AvgIpc) is 2.20. The van der Waals surface area contributed by atoms with Crippen LogP contribution in [-0.2, 0) is 9.47 Å². The number of ether oxygens (including phenoxy) is 2. The van der Waals surface area contributed by atoms with Gasteiger partial charge in [0.2, 0.25) is 0 Å². The molecule has 3 heteroatoms. The van der Waals surface area contributed by atoms with Crippen LogP contribution < -0.4 is 0 Å². The molecule has 1 fully saturated rings. The Balaban J connectivity index is 2.41. The van der Waals surface area contributed by atoms with E-state index in [2.05, 4.69) is 29.8 Å². The molecule has 0 amide bonds. The SMILES string of the molecule is COCC(OC1CCCCC1Br)C(C)C. The highest BCUT2D eigenvalue weighted by Crippen LogP contribution is 2.28. The highest BCUT2D eigenvalue weighted by molar-refractivity contribution is 9.09. The molecule has 0 heterocycles. The molecular formula is C12H23BrO2. The zero-order valence-electron chi connectivity index (χ0n) is 10.0. The number of rotatable bonds is 5. The summed E-state index contributed by atoms with van der Waals surface area (Å²) >= 11 is 3.72. The van der Waals surface area contributed by atoms with E-state index in [-0.39, 0.29) is 6.10 Å². The van der Waals surface area contributed by atoms with Gasteiger partial charge < -0.3 is 9.47 Å². The summed E-state index contributed by atoms with van der Waals surface area (Å²) in [6, 6.07) is 0. The van der Waals surface area contributed by atoms with Gasteiger partial charge in [0.1, 0.15) is 0 Å². The fourth-order valence-electron chi connectivity index (χ4n) is 1.98. The molecule has 2 nitrogen and oxygen atoms in total. The van der Waals surface area contributed by atoms with Crippen molar-refractivity contribution >= 4 is 15.9 Å². The molecule has 1 saturated carbocycles. The van der Waals surface area contributed by atoms with E-state index in [1.165, 1.54) is 25.7 Å². The summed E-state index contributed by atoms with van der Waals surface area (Å²) < 4.78 is 11.3. The van der Waals surface area contributed by atoms with Crippen LogP contribution in [-0.4, -0.2) is 30.8 Å². The topological polar surface area (TPSA) is 18.5 Å². The molecule has 0 aromatic heterocycles. The van der Waals surface area contributed by atoms with Crippen LogP contribution in [0.1, 0.15) is 39.5 Å². The highest BCUT2D eigenvalue weighted by Gasteiger charge is 2.27. The summed E-state index contributed by atoms with van der Waals surface area (Å²) in [7, 11) is 1.74. The first kappa shape index (κ1) is 13.5. The minimum absolute atomic E-state index is 0.234. The van der Waals surface area contributed by atoms with Gasteiger partial charge in [0.15, 0.2) is 0 Å². The molecule has 0 aromatic rings. The maximum absolute atomic E-state index is 6.13. The molecule has 0 bridgehead atoms. The zero-order valence-corrected chi connectivity index (χ0v) is 11.6. The van der Waals surface area contributed by atoms with E-state index < -0.39 is 0 Å². The molecule has 1 rings (SSSR count). The molecule has 0 aliphatic heterocycles. The molecule has 0 radical (unpaired) electrons. The maximum atomic E-state index is 6.13. The van der Waals surface area contributed by atoms with Gasteiger partial charge in [0.05, 0.1) is 18.8 Å². The number of alkyl halides is 1. The van der Waals surface area contributed by atoms with E-state index in [9.17, 15) is 0 Å². The standard InChI is InChI=1S/C12H23BrO2/c1-9(2)12(8-14-3)15-11-7-5-4-6-10(11)13/h9-12H,4-8H2,1-3H3. The number of hydrogen-bond acceptors (Lipinski definition) is 2. The summed E-state index contributed by atoms with van der Waals surface area (Å²) in [6.45, 7) is 5.08. The molecular weight excluding hydrogens is 256 g/mol. The van der Waals surface area contributed by atoms with E-state index in [1.807, 2.05) is 0 Å². The first-order chi connectivity index (χ1) is 7.15. The van der Waals surface area contributed by atoms with Gasteiger partial charge >= 0.3 is 0 Å². The third-order valence-corrected chi connectivity index (χ3v) is 4.09. The van der Waals surface area contributed by atoms with Gasteiger partial charge in [0.25, 0.3) is 0 Å². The molecule has 0 N–H and O–H groups in total. The van der Waals surface area contributed by atoms with Gasteiger partial charge in [-0.25, -0.2) is 0 Å². The molecule has 1 aliphatic carbocycles. The summed E-state index contributed by atoms with van der Waals surface area (Å²) in [5.41, 5.74) is 0. The quantitative estimate of drug-likeness (QED) is 0.718. The number of halogens is 1. The van der Waals surface area contributed by atoms with E-state index in [0.29, 0.717) is 23.5 Å². The Kier molecular flexibility index (Phi) is 6.17. The molecule has 1 aliphatic rings. The fraction of sp³-hybridized carbons (Fsp3) is 1.00. The number of methoxy groups -OCH3 is 1. The van der Waals surface area contributed by atoms with Crippen molar-refractivity contribution in [2.45, 2.75) is 56.6 Å². The van der Waals surface area contributed by atoms with Crippen LogP contribution in [0.4, 0.5) is 0 Å². The first-order valence-corrected chi connectivity index (χ1v) is 6.85. The molecule has 15 heavy (non-hydrogen) atoms. The fourth-order valence-corrected chi connectivity index (χ4v) is 2.70. The van der Waals surface area contributed by atoms with Crippen LogP contribution >= 0.6 is 15.9 Å². The van der Waals surface area contributed by atoms with E-state index in [0.717, 1.165) is 0 Å². The Hall–Kier alpha value is 0.400. The molecule has 0 saturated heterocycles. The van der Waals surface area contributed by atoms with E-state index >= 15 is 0 Å². The zero-order chi connectivity index (χ0) is 11.3. The van der Waals surface area contributed by atoms with Crippen molar-refractivity contribution in [1.82, 2.24) is 0 Å². The average molecular weight is 279 g/mol. The van der Waals surface area contributed by atoms with Crippen LogP contribution in [0.3, 0.4) is 0 Å². The normalized spacial score (nSPS) is 29.4. The van der Waals surface area contributed by atoms with Crippen LogP contribution in [0, 0.1) is 5.92 Å². The predicted octanol–water partition coefficient (Wildman–Crippen LogP) is 3.38. The minimum Gasteiger partial charge on any atom is -0.382 e. The molecule has 0 spiro atoms. The second-order valence-corrected chi connectivity index (χ2v) is 5.89. The van der Waals surface area contributed by atoms with E-state index in [1.54, 1.807) is 7.11 Å². The highest BCUT2D eigenvalue weighted by atomic mass is 79.9. The summed E-state index contributed by atoms with van der Waals surface area (Å²) in [5, 5.41) is 0. The van der Waals surface area contributed by atoms with Crippen LogP contribution in [0.25, 0.3) is 0 Å². The second kappa shape index (κ2) is 6.87. The lowest BCUT2D eigenvalue weighted by Crippen LogP contribution is -2.36. The Labute approximate surface area is 102 Å². The van der Waals surface area contributed by atoms with Crippen LogP contribution in [0.5, 0.6) is 0 Å². The Morgan fingerprint density at radius 3 is 2.47 bits per heavy atom. The van der Waals surface area contributed by atoms with Gasteiger partial charge in [-0.05, 0) is 18.8 Å². The lowest BCUT2D eigenvalue weighted by Gasteiger charge is -2.32. The van der Waals surface area contributed by atoms with Gasteiger partial charge in [-0.2, -0.15) is 0 Å². The summed E-state index contributed by atoms with van der Waals surface area (Å²) in [4.78, 5) is 0.532. The van der Waals surface area contributed by atoms with Crippen molar-refractivity contribution in [1.29, 1.82) is 0 Å². The van der Waals surface area contributed by atoms with Crippen LogP contribution in [0.15, 0.2) is 0 Å². The molecule has 0 aromatic carbocycles. The third-order valence-electron chi connectivity index (χ3n) is 3.05. The van der Waals surface area contributed by atoms with E-state index in [4.69, 9.17) is 9.47 Å². The summed E-state index contributed by atoms with van der Waals surface area (Å²) in [6.07, 6.45) is 5.65. The molecule has 3 atom stereocenters. The van der Waals surface area contributed by atoms with Crippen LogP contribution in [0.2, 0.25) is 0 Å². The Morgan fingerprint density at radius 2 is 1.93 bits per heavy atom. The first-order valence-electron chi connectivity index (χ1n) is 5.93. The van der Waals surface area contributed by atoms with Gasteiger partial charge in [0, 0.05) is 11.9 Å². The number of hydrogen-bond donors (Lipinski definition) is 0. The van der Waals surface area contributed by atoms with Gasteiger partial charge in [-0.3, -0.25) is 0 Å². The molecule has 90 valence electrons. The maximum Gasteiger partial charge on any atom is 0.0835 e. The lowest BCUT2D eigenvalue weighted by atomic mass is 9.97. The monoisotopic (exact) mass is 278 g/mol. The van der Waals surface area contributed by atoms with Crippen molar-refractivity contribution < 1.29 is 9.47 Å². The van der Waals surface area contributed by atoms with Gasteiger partial charge in [-0.1, -0.05) is 42.6 Å². The Bertz CT molecular complexity index is 171. The van der Waals surface area contributed by atoms with Crippen molar-refractivity contribution in [3.05, 3.63) is 0 Å². The lowest BCUT2D eigenvalue weighted by molar-refractivity contribution is -0.0771. The third kappa shape index (κ3) is 4.41. The predicted molar refractivity (Wildman–Crippen MR) is 66.6 cm³/mol. The van der Waals surface area contributed by atoms with Crippen molar-refractivity contribution in [2.24, 2.45) is 5.92 Å². The largest absolute Gasteiger partial charge is 0.382 e. The Morgan fingerprint density at radius 1 is 1.27 bits per heavy atom. The summed E-state index contributed by atoms with van der Waals surface area (Å²) in [5.74, 6) is 0.520. The minimum atomic E-state index is 0.234. The van der Waals surface area contributed by atoms with Crippen molar-refractivity contribution in [2.75, 3.05) is 13.7 Å².